The standard InChI is InChI=1S/C19H21FN4O3/c1-24(2)16(12-3-5-13(20)6-4-12)10-21-19(26)22-14-7-8-15-17(9-14)27-11-18(25)23-15/h3-9,16H,10-11H2,1-2H3,(H,23,25)(H2,21,22,26). The van der Waals surface area contributed by atoms with Crippen LogP contribution < -0.4 is 20.7 Å². The molecule has 142 valence electrons. The lowest BCUT2D eigenvalue weighted by Gasteiger charge is -2.25. The van der Waals surface area contributed by atoms with Gasteiger partial charge in [0.05, 0.1) is 11.7 Å². The molecule has 0 aromatic heterocycles. The average Bonchev–Trinajstić information content (AvgIpc) is 2.63. The van der Waals surface area contributed by atoms with Crippen LogP contribution in [0.15, 0.2) is 42.5 Å². The van der Waals surface area contributed by atoms with E-state index in [9.17, 15) is 14.0 Å². The van der Waals surface area contributed by atoms with Gasteiger partial charge in [-0.05, 0) is 43.9 Å². The lowest BCUT2D eigenvalue weighted by Crippen LogP contribution is -2.37. The van der Waals surface area contributed by atoms with Crippen molar-refractivity contribution in [2.75, 3.05) is 37.9 Å². The van der Waals surface area contributed by atoms with Gasteiger partial charge in [-0.15, -0.1) is 0 Å². The van der Waals surface area contributed by atoms with Gasteiger partial charge in [-0.25, -0.2) is 9.18 Å². The van der Waals surface area contributed by atoms with Crippen LogP contribution in [0.3, 0.4) is 0 Å². The maximum atomic E-state index is 13.1. The molecule has 1 aliphatic heterocycles. The maximum Gasteiger partial charge on any atom is 0.319 e. The summed E-state index contributed by atoms with van der Waals surface area (Å²) in [6.45, 7) is 0.298. The van der Waals surface area contributed by atoms with Gasteiger partial charge in [0, 0.05) is 18.3 Å². The fourth-order valence-corrected chi connectivity index (χ4v) is 2.80. The Labute approximate surface area is 156 Å². The number of carbonyl (C=O) groups excluding carboxylic acids is 2. The van der Waals surface area contributed by atoms with E-state index in [2.05, 4.69) is 16.0 Å². The van der Waals surface area contributed by atoms with E-state index in [4.69, 9.17) is 4.74 Å². The molecule has 7 nitrogen and oxygen atoms in total. The van der Waals surface area contributed by atoms with Crippen molar-refractivity contribution in [2.24, 2.45) is 0 Å². The minimum absolute atomic E-state index is 0.0508. The molecule has 0 spiro atoms. The van der Waals surface area contributed by atoms with Crippen LogP contribution in [-0.4, -0.2) is 44.1 Å². The third-order valence-corrected chi connectivity index (χ3v) is 4.21. The Kier molecular flexibility index (Phi) is 5.56. The van der Waals surface area contributed by atoms with Crippen molar-refractivity contribution in [3.63, 3.8) is 0 Å². The molecule has 0 bridgehead atoms. The predicted octanol–water partition coefficient (Wildman–Crippen LogP) is 2.58. The highest BCUT2D eigenvalue weighted by Gasteiger charge is 2.18. The van der Waals surface area contributed by atoms with Crippen LogP contribution in [0, 0.1) is 5.82 Å². The van der Waals surface area contributed by atoms with Crippen molar-refractivity contribution in [3.8, 4) is 5.75 Å². The first kappa shape index (κ1) is 18.7. The molecule has 3 N–H and O–H groups in total. The van der Waals surface area contributed by atoms with Crippen LogP contribution in [0.4, 0.5) is 20.6 Å². The van der Waals surface area contributed by atoms with E-state index < -0.39 is 0 Å². The third-order valence-electron chi connectivity index (χ3n) is 4.21. The molecule has 3 rings (SSSR count). The Hall–Kier alpha value is -3.13. The van der Waals surface area contributed by atoms with Crippen LogP contribution >= 0.6 is 0 Å². The van der Waals surface area contributed by atoms with Crippen LogP contribution in [-0.2, 0) is 4.79 Å². The Morgan fingerprint density at radius 2 is 2.00 bits per heavy atom. The van der Waals surface area contributed by atoms with Crippen molar-refractivity contribution < 1.29 is 18.7 Å². The normalized spacial score (nSPS) is 14.0. The first-order valence-corrected chi connectivity index (χ1v) is 8.46. The maximum absolute atomic E-state index is 13.1. The summed E-state index contributed by atoms with van der Waals surface area (Å²) in [5.74, 6) is -0.00544. The zero-order valence-electron chi connectivity index (χ0n) is 15.1. The summed E-state index contributed by atoms with van der Waals surface area (Å²) in [6.07, 6.45) is 0. The second-order valence-electron chi connectivity index (χ2n) is 6.41. The van der Waals surface area contributed by atoms with Crippen LogP contribution in [0.5, 0.6) is 5.75 Å². The monoisotopic (exact) mass is 372 g/mol. The number of fused-ring (bicyclic) bond motifs is 1. The van der Waals surface area contributed by atoms with E-state index in [1.54, 1.807) is 30.3 Å². The number of ether oxygens (including phenoxy) is 1. The SMILES string of the molecule is CN(C)C(CNC(=O)Nc1ccc2c(c1)OCC(=O)N2)c1ccc(F)cc1. The molecule has 0 radical (unpaired) electrons. The topological polar surface area (TPSA) is 82.7 Å². The molecule has 27 heavy (non-hydrogen) atoms. The molecule has 2 aromatic carbocycles. The molecule has 1 heterocycles. The summed E-state index contributed by atoms with van der Waals surface area (Å²) < 4.78 is 18.5. The van der Waals surface area contributed by atoms with E-state index >= 15 is 0 Å². The van der Waals surface area contributed by atoms with Gasteiger partial charge in [0.1, 0.15) is 11.6 Å². The number of rotatable bonds is 5. The minimum Gasteiger partial charge on any atom is -0.482 e. The van der Waals surface area contributed by atoms with Crippen LogP contribution in [0.2, 0.25) is 0 Å². The molecule has 0 saturated carbocycles. The van der Waals surface area contributed by atoms with E-state index in [1.807, 2.05) is 19.0 Å². The Bertz CT molecular complexity index is 839. The van der Waals surface area contributed by atoms with E-state index in [0.717, 1.165) is 5.56 Å². The molecule has 3 amide bonds. The van der Waals surface area contributed by atoms with Crippen molar-refractivity contribution in [3.05, 3.63) is 53.8 Å². The molecule has 1 atom stereocenters. The second-order valence-corrected chi connectivity index (χ2v) is 6.41. The largest absolute Gasteiger partial charge is 0.482 e. The van der Waals surface area contributed by atoms with E-state index in [1.165, 1.54) is 12.1 Å². The van der Waals surface area contributed by atoms with Gasteiger partial charge in [0.2, 0.25) is 0 Å². The molecule has 1 unspecified atom stereocenters. The smallest absolute Gasteiger partial charge is 0.319 e. The van der Waals surface area contributed by atoms with Crippen LogP contribution in [0.25, 0.3) is 0 Å². The zero-order valence-corrected chi connectivity index (χ0v) is 15.1. The first-order valence-electron chi connectivity index (χ1n) is 8.46. The Morgan fingerprint density at radius 3 is 2.70 bits per heavy atom. The molecular formula is C19H21FN4O3. The molecule has 0 saturated heterocycles. The summed E-state index contributed by atoms with van der Waals surface area (Å²) in [7, 11) is 3.78. The number of nitrogens with zero attached hydrogens (tertiary/aromatic N) is 1. The highest BCUT2D eigenvalue weighted by molar-refractivity contribution is 5.96. The van der Waals surface area contributed by atoms with Gasteiger partial charge >= 0.3 is 6.03 Å². The Balaban J connectivity index is 1.60. The highest BCUT2D eigenvalue weighted by Crippen LogP contribution is 2.30. The number of anilines is 2. The van der Waals surface area contributed by atoms with E-state index in [-0.39, 0.29) is 30.4 Å². The Morgan fingerprint density at radius 1 is 1.26 bits per heavy atom. The van der Waals surface area contributed by atoms with Gasteiger partial charge in [0.15, 0.2) is 6.61 Å². The number of amides is 3. The van der Waals surface area contributed by atoms with Gasteiger partial charge in [0.25, 0.3) is 5.91 Å². The average molecular weight is 372 g/mol. The van der Waals surface area contributed by atoms with Gasteiger partial charge in [-0.1, -0.05) is 12.1 Å². The fourth-order valence-electron chi connectivity index (χ4n) is 2.80. The van der Waals surface area contributed by atoms with Gasteiger partial charge < -0.3 is 25.6 Å². The first-order chi connectivity index (χ1) is 12.9. The van der Waals surface area contributed by atoms with Crippen molar-refractivity contribution in [2.45, 2.75) is 6.04 Å². The van der Waals surface area contributed by atoms with Crippen molar-refractivity contribution in [1.82, 2.24) is 10.2 Å². The number of hydrogen-bond donors (Lipinski definition) is 3. The molecule has 1 aliphatic rings. The summed E-state index contributed by atoms with van der Waals surface area (Å²) in [4.78, 5) is 25.5. The van der Waals surface area contributed by atoms with Gasteiger partial charge in [-0.3, -0.25) is 4.79 Å². The molecule has 2 aromatic rings. The summed E-state index contributed by atoms with van der Waals surface area (Å²) in [5, 5.41) is 8.24. The molecule has 0 fully saturated rings. The number of likely N-dealkylation sites (N-methyl/N-ethyl adjacent to an activating group) is 1. The molecule has 8 heteroatoms. The van der Waals surface area contributed by atoms with Crippen LogP contribution in [0.1, 0.15) is 11.6 Å². The van der Waals surface area contributed by atoms with Crippen molar-refractivity contribution in [1.29, 1.82) is 0 Å². The summed E-state index contributed by atoms with van der Waals surface area (Å²) in [6, 6.07) is 10.7. The molecule has 0 aliphatic carbocycles. The summed E-state index contributed by atoms with van der Waals surface area (Å²) >= 11 is 0. The number of carbonyl (C=O) groups is 2. The highest BCUT2D eigenvalue weighted by atomic mass is 19.1. The second kappa shape index (κ2) is 8.05. The van der Waals surface area contributed by atoms with Gasteiger partial charge in [-0.2, -0.15) is 0 Å². The van der Waals surface area contributed by atoms with E-state index in [0.29, 0.717) is 23.7 Å². The number of benzene rings is 2. The lowest BCUT2D eigenvalue weighted by atomic mass is 10.1. The number of halogens is 1. The quantitative estimate of drug-likeness (QED) is 0.753. The lowest BCUT2D eigenvalue weighted by molar-refractivity contribution is -0.118. The zero-order chi connectivity index (χ0) is 19.4. The van der Waals surface area contributed by atoms with Crippen molar-refractivity contribution >= 4 is 23.3 Å². The molecular weight excluding hydrogens is 351 g/mol. The minimum atomic E-state index is -0.372. The number of hydrogen-bond acceptors (Lipinski definition) is 4. The predicted molar refractivity (Wildman–Crippen MR) is 100 cm³/mol. The fraction of sp³-hybridized carbons (Fsp3) is 0.263. The number of urea groups is 1. The number of nitrogens with one attached hydrogen (secondary N) is 3. The third kappa shape index (κ3) is 4.73. The summed E-state index contributed by atoms with van der Waals surface area (Å²) in [5.41, 5.74) is 2.02.